The van der Waals surface area contributed by atoms with Crippen molar-refractivity contribution in [1.29, 1.82) is 0 Å². The molecule has 0 bridgehead atoms. The third-order valence-electron chi connectivity index (χ3n) is 4.73. The van der Waals surface area contributed by atoms with Crippen LogP contribution >= 0.6 is 0 Å². The summed E-state index contributed by atoms with van der Waals surface area (Å²) in [6.07, 6.45) is 8.93. The molecule has 0 aromatic carbocycles. The van der Waals surface area contributed by atoms with Crippen molar-refractivity contribution in [2.45, 2.75) is 58.5 Å². The van der Waals surface area contributed by atoms with Crippen LogP contribution in [0.15, 0.2) is 0 Å². The van der Waals surface area contributed by atoms with E-state index in [0.717, 1.165) is 25.6 Å². The second kappa shape index (κ2) is 5.50. The molecule has 1 N–H and O–H groups in total. The molecule has 2 atom stereocenters. The minimum atomic E-state index is 0.436. The van der Waals surface area contributed by atoms with E-state index < -0.39 is 0 Å². The summed E-state index contributed by atoms with van der Waals surface area (Å²) in [7, 11) is 0. The highest BCUT2D eigenvalue weighted by Gasteiger charge is 2.42. The molecule has 2 aliphatic rings. The summed E-state index contributed by atoms with van der Waals surface area (Å²) < 4.78 is 5.84. The zero-order chi connectivity index (χ0) is 11.4. The van der Waals surface area contributed by atoms with Crippen LogP contribution in [0.4, 0.5) is 0 Å². The third kappa shape index (κ3) is 2.60. The van der Waals surface area contributed by atoms with Gasteiger partial charge in [0.15, 0.2) is 0 Å². The Morgan fingerprint density at radius 3 is 2.62 bits per heavy atom. The molecule has 2 unspecified atom stereocenters. The van der Waals surface area contributed by atoms with E-state index in [1.54, 1.807) is 0 Å². The molecular formula is C14H27NO. The number of nitrogens with one attached hydrogen (secondary N) is 1. The van der Waals surface area contributed by atoms with Gasteiger partial charge in [-0.25, -0.2) is 0 Å². The topological polar surface area (TPSA) is 21.3 Å². The average Bonchev–Trinajstić information content (AvgIpc) is 2.88. The van der Waals surface area contributed by atoms with Gasteiger partial charge in [0, 0.05) is 18.6 Å². The maximum atomic E-state index is 5.84. The molecule has 0 amide bonds. The highest BCUT2D eigenvalue weighted by molar-refractivity contribution is 4.93. The van der Waals surface area contributed by atoms with Gasteiger partial charge in [0.05, 0.1) is 6.10 Å². The zero-order valence-electron chi connectivity index (χ0n) is 10.9. The Bertz CT molecular complexity index is 213. The fraction of sp³-hybridized carbons (Fsp3) is 1.00. The SMILES string of the molecule is CCNCC1(CC2CCCC2)CCOC1C. The Kier molecular flexibility index (Phi) is 4.26. The second-order valence-electron chi connectivity index (χ2n) is 5.76. The minimum absolute atomic E-state index is 0.436. The van der Waals surface area contributed by atoms with Crippen LogP contribution in [0, 0.1) is 11.3 Å². The standard InChI is InChI=1S/C14H27NO/c1-3-15-11-14(8-9-16-12(14)2)10-13-6-4-5-7-13/h12-13,15H,3-11H2,1-2H3. The minimum Gasteiger partial charge on any atom is -0.378 e. The van der Waals surface area contributed by atoms with Crippen molar-refractivity contribution < 1.29 is 4.74 Å². The molecule has 1 aliphatic heterocycles. The van der Waals surface area contributed by atoms with Gasteiger partial charge in [-0.05, 0) is 32.2 Å². The summed E-state index contributed by atoms with van der Waals surface area (Å²) >= 11 is 0. The van der Waals surface area contributed by atoms with E-state index in [9.17, 15) is 0 Å². The predicted octanol–water partition coefficient (Wildman–Crippen LogP) is 2.97. The van der Waals surface area contributed by atoms with Gasteiger partial charge in [-0.2, -0.15) is 0 Å². The molecule has 1 aliphatic carbocycles. The fourth-order valence-electron chi connectivity index (χ4n) is 3.55. The lowest BCUT2D eigenvalue weighted by Gasteiger charge is -2.35. The van der Waals surface area contributed by atoms with Crippen LogP contribution < -0.4 is 5.32 Å². The lowest BCUT2D eigenvalue weighted by molar-refractivity contribution is 0.0497. The molecule has 2 heteroatoms. The molecule has 1 saturated carbocycles. The van der Waals surface area contributed by atoms with Crippen molar-refractivity contribution in [2.24, 2.45) is 11.3 Å². The van der Waals surface area contributed by atoms with Crippen LogP contribution in [0.3, 0.4) is 0 Å². The van der Waals surface area contributed by atoms with Crippen LogP contribution in [0.2, 0.25) is 0 Å². The van der Waals surface area contributed by atoms with Gasteiger partial charge in [0.2, 0.25) is 0 Å². The molecule has 0 aromatic rings. The Morgan fingerprint density at radius 2 is 2.06 bits per heavy atom. The van der Waals surface area contributed by atoms with E-state index in [1.165, 1.54) is 38.5 Å². The molecule has 2 nitrogen and oxygen atoms in total. The highest BCUT2D eigenvalue weighted by Crippen LogP contribution is 2.44. The lowest BCUT2D eigenvalue weighted by Crippen LogP contribution is -2.40. The third-order valence-corrected chi connectivity index (χ3v) is 4.73. The summed E-state index contributed by atoms with van der Waals surface area (Å²) in [6.45, 7) is 7.68. The van der Waals surface area contributed by atoms with E-state index >= 15 is 0 Å². The van der Waals surface area contributed by atoms with Crippen LogP contribution in [-0.2, 0) is 4.74 Å². The normalized spacial score (nSPS) is 36.0. The van der Waals surface area contributed by atoms with E-state index in [-0.39, 0.29) is 0 Å². The van der Waals surface area contributed by atoms with E-state index in [1.807, 2.05) is 0 Å². The Balaban J connectivity index is 1.95. The lowest BCUT2D eigenvalue weighted by atomic mass is 9.74. The smallest absolute Gasteiger partial charge is 0.0616 e. The first kappa shape index (κ1) is 12.4. The first-order valence-corrected chi connectivity index (χ1v) is 7.09. The second-order valence-corrected chi connectivity index (χ2v) is 5.76. The molecule has 0 radical (unpaired) electrons. The van der Waals surface area contributed by atoms with E-state index in [4.69, 9.17) is 4.74 Å². The number of ether oxygens (including phenoxy) is 1. The molecule has 2 rings (SSSR count). The first-order chi connectivity index (χ1) is 7.77. The summed E-state index contributed by atoms with van der Waals surface area (Å²) in [6, 6.07) is 0. The fourth-order valence-corrected chi connectivity index (χ4v) is 3.55. The van der Waals surface area contributed by atoms with Crippen molar-refractivity contribution in [2.75, 3.05) is 19.7 Å². The van der Waals surface area contributed by atoms with Crippen molar-refractivity contribution in [1.82, 2.24) is 5.32 Å². The van der Waals surface area contributed by atoms with E-state index in [0.29, 0.717) is 11.5 Å². The number of hydrogen-bond donors (Lipinski definition) is 1. The van der Waals surface area contributed by atoms with Gasteiger partial charge in [-0.1, -0.05) is 32.6 Å². The monoisotopic (exact) mass is 225 g/mol. The summed E-state index contributed by atoms with van der Waals surface area (Å²) in [5.74, 6) is 0.975. The number of hydrogen-bond acceptors (Lipinski definition) is 2. The van der Waals surface area contributed by atoms with Gasteiger partial charge >= 0.3 is 0 Å². The molecular weight excluding hydrogens is 198 g/mol. The van der Waals surface area contributed by atoms with Gasteiger partial charge in [-0.3, -0.25) is 0 Å². The van der Waals surface area contributed by atoms with Crippen LogP contribution in [0.1, 0.15) is 52.4 Å². The summed E-state index contributed by atoms with van der Waals surface area (Å²) in [5.41, 5.74) is 0.436. The Morgan fingerprint density at radius 1 is 1.31 bits per heavy atom. The van der Waals surface area contributed by atoms with Crippen molar-refractivity contribution >= 4 is 0 Å². The van der Waals surface area contributed by atoms with Crippen LogP contribution in [-0.4, -0.2) is 25.8 Å². The molecule has 2 fully saturated rings. The zero-order valence-corrected chi connectivity index (χ0v) is 10.9. The van der Waals surface area contributed by atoms with Crippen molar-refractivity contribution in [3.63, 3.8) is 0 Å². The molecule has 16 heavy (non-hydrogen) atoms. The van der Waals surface area contributed by atoms with Crippen LogP contribution in [0.5, 0.6) is 0 Å². The summed E-state index contributed by atoms with van der Waals surface area (Å²) in [5, 5.41) is 3.56. The van der Waals surface area contributed by atoms with Gasteiger partial charge in [-0.15, -0.1) is 0 Å². The van der Waals surface area contributed by atoms with Crippen molar-refractivity contribution in [3.8, 4) is 0 Å². The quantitative estimate of drug-likeness (QED) is 0.776. The van der Waals surface area contributed by atoms with Gasteiger partial charge in [0.25, 0.3) is 0 Å². The van der Waals surface area contributed by atoms with Crippen molar-refractivity contribution in [3.05, 3.63) is 0 Å². The van der Waals surface area contributed by atoms with Gasteiger partial charge < -0.3 is 10.1 Å². The molecule has 1 saturated heterocycles. The Hall–Kier alpha value is -0.0800. The largest absolute Gasteiger partial charge is 0.378 e. The predicted molar refractivity (Wildman–Crippen MR) is 67.6 cm³/mol. The molecule has 1 heterocycles. The first-order valence-electron chi connectivity index (χ1n) is 7.09. The maximum Gasteiger partial charge on any atom is 0.0616 e. The molecule has 94 valence electrons. The average molecular weight is 225 g/mol. The van der Waals surface area contributed by atoms with E-state index in [2.05, 4.69) is 19.2 Å². The molecule has 0 aromatic heterocycles. The maximum absolute atomic E-state index is 5.84. The summed E-state index contributed by atoms with van der Waals surface area (Å²) in [4.78, 5) is 0. The number of rotatable bonds is 5. The van der Waals surface area contributed by atoms with Gasteiger partial charge in [0.1, 0.15) is 0 Å². The highest BCUT2D eigenvalue weighted by atomic mass is 16.5. The van der Waals surface area contributed by atoms with Crippen LogP contribution in [0.25, 0.3) is 0 Å². The molecule has 0 spiro atoms. The Labute approximate surface area is 100 Å².